The topological polar surface area (TPSA) is 91.9 Å². The highest BCUT2D eigenvalue weighted by Crippen LogP contribution is 2.09. The van der Waals surface area contributed by atoms with E-state index in [1.54, 1.807) is 11.1 Å². The van der Waals surface area contributed by atoms with Gasteiger partial charge >= 0.3 is 5.97 Å². The lowest BCUT2D eigenvalue weighted by Crippen LogP contribution is -2.31. The highest BCUT2D eigenvalue weighted by molar-refractivity contribution is 5.85. The summed E-state index contributed by atoms with van der Waals surface area (Å²) in [6, 6.07) is 9.65. The Labute approximate surface area is 193 Å². The summed E-state index contributed by atoms with van der Waals surface area (Å²) in [5.41, 5.74) is 8.54. The van der Waals surface area contributed by atoms with Crippen LogP contribution in [0.2, 0.25) is 0 Å². The zero-order chi connectivity index (χ0) is 24.5. The van der Waals surface area contributed by atoms with Crippen LogP contribution in [0.3, 0.4) is 0 Å². The molecule has 7 nitrogen and oxygen atoms in total. The zero-order valence-corrected chi connectivity index (χ0v) is 20.2. The molecular weight excluding hydrogens is 404 g/mol. The van der Waals surface area contributed by atoms with Crippen LogP contribution in [-0.4, -0.2) is 62.9 Å². The monoisotopic (exact) mass is 442 g/mol. The van der Waals surface area contributed by atoms with Crippen molar-refractivity contribution in [2.75, 3.05) is 41.3 Å². The number of allylic oxidation sites excluding steroid dienone is 3. The Bertz CT molecular complexity index is 812. The number of carbonyl (C=O) groups excluding carboxylic acids is 1. The molecule has 0 aliphatic carbocycles. The Morgan fingerprint density at radius 2 is 1.81 bits per heavy atom. The number of carbonyl (C=O) groups is 1. The average molecular weight is 443 g/mol. The van der Waals surface area contributed by atoms with E-state index in [2.05, 4.69) is 11.3 Å². The largest absolute Gasteiger partial charge is 0.481 e. The van der Waals surface area contributed by atoms with Crippen LogP contribution < -0.4 is 5.73 Å². The molecule has 0 aliphatic rings. The molecule has 0 saturated heterocycles. The van der Waals surface area contributed by atoms with Gasteiger partial charge in [0.1, 0.15) is 12.4 Å². The molecule has 176 valence electrons. The minimum absolute atomic E-state index is 0.185. The predicted molar refractivity (Wildman–Crippen MR) is 132 cm³/mol. The van der Waals surface area contributed by atoms with E-state index in [0.29, 0.717) is 13.2 Å². The quantitative estimate of drug-likeness (QED) is 0.136. The molecule has 1 aromatic rings. The molecule has 0 spiro atoms. The van der Waals surface area contributed by atoms with Gasteiger partial charge in [0.25, 0.3) is 0 Å². The summed E-state index contributed by atoms with van der Waals surface area (Å²) in [4.78, 5) is 15.2. The normalized spacial score (nSPS) is 11.6. The number of amidine groups is 1. The summed E-state index contributed by atoms with van der Waals surface area (Å²) in [5.74, 6) is -0.0967. The first-order chi connectivity index (χ1) is 15.1. The van der Waals surface area contributed by atoms with Crippen molar-refractivity contribution < 1.29 is 14.3 Å². The van der Waals surface area contributed by atoms with Gasteiger partial charge in [0.05, 0.1) is 13.7 Å². The highest BCUT2D eigenvalue weighted by Gasteiger charge is 2.11. The van der Waals surface area contributed by atoms with Crippen LogP contribution in [0.15, 0.2) is 78.2 Å². The van der Waals surface area contributed by atoms with Crippen molar-refractivity contribution in [2.24, 2.45) is 5.73 Å². The lowest BCUT2D eigenvalue weighted by Gasteiger charge is -2.17. The summed E-state index contributed by atoms with van der Waals surface area (Å²) < 4.78 is 10.1. The van der Waals surface area contributed by atoms with Crippen molar-refractivity contribution in [3.8, 4) is 0 Å². The Kier molecular flexibility index (Phi) is 14.7. The van der Waals surface area contributed by atoms with E-state index in [4.69, 9.17) is 15.9 Å². The maximum Gasteiger partial charge on any atom is 0.374 e. The van der Waals surface area contributed by atoms with Gasteiger partial charge in [0.15, 0.2) is 0 Å². The third kappa shape index (κ3) is 13.8. The van der Waals surface area contributed by atoms with Crippen molar-refractivity contribution in [2.45, 2.75) is 20.5 Å². The predicted octanol–water partition coefficient (Wildman–Crippen LogP) is 3.71. The molecule has 0 saturated carbocycles. The van der Waals surface area contributed by atoms with Crippen LogP contribution in [0.25, 0.3) is 0 Å². The molecule has 0 radical (unpaired) electrons. The molecule has 7 heteroatoms. The van der Waals surface area contributed by atoms with Crippen molar-refractivity contribution >= 4 is 11.8 Å². The van der Waals surface area contributed by atoms with Gasteiger partial charge in [0.2, 0.25) is 5.76 Å². The minimum Gasteiger partial charge on any atom is -0.481 e. The number of ether oxygens (including phenoxy) is 2. The van der Waals surface area contributed by atoms with Crippen LogP contribution in [0.1, 0.15) is 19.4 Å². The van der Waals surface area contributed by atoms with Gasteiger partial charge < -0.3 is 20.1 Å². The van der Waals surface area contributed by atoms with Crippen molar-refractivity contribution in [3.05, 3.63) is 83.8 Å². The molecule has 0 amide bonds. The van der Waals surface area contributed by atoms with Crippen LogP contribution in [0.4, 0.5) is 0 Å². The lowest BCUT2D eigenvalue weighted by atomic mass is 10.1. The molecule has 0 bridgehead atoms. The smallest absolute Gasteiger partial charge is 0.374 e. The fourth-order valence-electron chi connectivity index (χ4n) is 2.40. The summed E-state index contributed by atoms with van der Waals surface area (Å²) in [6.45, 7) is 9.48. The summed E-state index contributed by atoms with van der Waals surface area (Å²) in [6.07, 6.45) is 7.60. The summed E-state index contributed by atoms with van der Waals surface area (Å²) >= 11 is 0. The standard InChI is InChI=1S/C13H17NO3.C12H21N3/c1-14(2)9-12(13(15)16-3)17-10-11-7-5-4-6-8-11;1-5-6-7-11(10(2)3)8-15(4)9-12(13)14/h4-9H,10H2,1-3H3;5-7H,2,8-9H2,1,3-4H3,(H3,13,14)/b12-9+;6-5-,11-7-. The number of methoxy groups -OCH3 is 1. The van der Waals surface area contributed by atoms with Gasteiger partial charge in [-0.2, -0.15) is 0 Å². The molecule has 0 atom stereocenters. The number of esters is 1. The molecule has 1 rings (SSSR count). The van der Waals surface area contributed by atoms with Gasteiger partial charge in [-0.1, -0.05) is 60.7 Å². The van der Waals surface area contributed by atoms with Crippen LogP contribution in [-0.2, 0) is 20.9 Å². The van der Waals surface area contributed by atoms with E-state index in [0.717, 1.165) is 23.3 Å². The van der Waals surface area contributed by atoms with Crippen molar-refractivity contribution in [1.82, 2.24) is 9.80 Å². The Morgan fingerprint density at radius 3 is 2.28 bits per heavy atom. The second-order valence-electron chi connectivity index (χ2n) is 7.42. The highest BCUT2D eigenvalue weighted by atomic mass is 16.6. The van der Waals surface area contributed by atoms with Gasteiger partial charge in [-0.3, -0.25) is 10.3 Å². The fourth-order valence-corrected chi connectivity index (χ4v) is 2.40. The Morgan fingerprint density at radius 1 is 1.19 bits per heavy atom. The van der Waals surface area contributed by atoms with E-state index in [1.165, 1.54) is 7.11 Å². The zero-order valence-electron chi connectivity index (χ0n) is 20.2. The first kappa shape index (κ1) is 28.7. The number of likely N-dealkylation sites (N-methyl/N-ethyl adjacent to an activating group) is 1. The average Bonchev–Trinajstić information content (AvgIpc) is 2.73. The molecule has 0 heterocycles. The minimum atomic E-state index is -0.477. The number of hydrogen-bond acceptors (Lipinski definition) is 6. The van der Waals surface area contributed by atoms with Crippen molar-refractivity contribution in [1.29, 1.82) is 5.41 Å². The van der Waals surface area contributed by atoms with E-state index < -0.39 is 5.97 Å². The SMILES string of the molecule is C=C(C)/C(=C\C=C/C)CN(C)CC(=N)N.COC(=O)/C(=C\N(C)C)OCc1ccccc1. The third-order valence-corrected chi connectivity index (χ3v) is 3.92. The number of hydrogen-bond donors (Lipinski definition) is 2. The fraction of sp³-hybridized carbons (Fsp3) is 0.360. The first-order valence-electron chi connectivity index (χ1n) is 10.2. The molecule has 0 unspecified atom stereocenters. The van der Waals surface area contributed by atoms with Crippen molar-refractivity contribution in [3.63, 3.8) is 0 Å². The van der Waals surface area contributed by atoms with E-state index in [9.17, 15) is 4.79 Å². The van der Waals surface area contributed by atoms with Crippen LogP contribution in [0, 0.1) is 5.41 Å². The van der Waals surface area contributed by atoms with Gasteiger partial charge in [0, 0.05) is 26.8 Å². The van der Waals surface area contributed by atoms with Gasteiger partial charge in [-0.05, 0) is 32.0 Å². The molecule has 32 heavy (non-hydrogen) atoms. The summed E-state index contributed by atoms with van der Waals surface area (Å²) in [5, 5.41) is 7.19. The number of nitrogens with one attached hydrogen (secondary N) is 1. The molecule has 1 aromatic carbocycles. The number of nitrogens with zero attached hydrogens (tertiary/aromatic N) is 2. The van der Waals surface area contributed by atoms with Gasteiger partial charge in [-0.15, -0.1) is 0 Å². The van der Waals surface area contributed by atoms with Crippen LogP contribution in [0.5, 0.6) is 0 Å². The first-order valence-corrected chi connectivity index (χ1v) is 10.2. The van der Waals surface area contributed by atoms with E-state index >= 15 is 0 Å². The number of benzene rings is 1. The van der Waals surface area contributed by atoms with Crippen LogP contribution >= 0.6 is 0 Å². The Balaban J connectivity index is 0.000000607. The molecule has 0 aliphatic heterocycles. The number of nitrogens with two attached hydrogens (primary N) is 1. The maximum atomic E-state index is 11.4. The third-order valence-electron chi connectivity index (χ3n) is 3.92. The van der Waals surface area contributed by atoms with E-state index in [1.807, 2.05) is 88.5 Å². The van der Waals surface area contributed by atoms with E-state index in [-0.39, 0.29) is 11.6 Å². The molecule has 0 aromatic heterocycles. The Hall–Kier alpha value is -3.32. The molecule has 3 N–H and O–H groups in total. The second kappa shape index (κ2) is 16.4. The molecule has 0 fully saturated rings. The second-order valence-corrected chi connectivity index (χ2v) is 7.42. The summed E-state index contributed by atoms with van der Waals surface area (Å²) in [7, 11) is 6.90. The molecular formula is C25H38N4O3. The number of rotatable bonds is 11. The lowest BCUT2D eigenvalue weighted by molar-refractivity contribution is -0.140. The van der Waals surface area contributed by atoms with Gasteiger partial charge in [-0.25, -0.2) is 4.79 Å². The maximum absolute atomic E-state index is 11.4.